The molecule has 2 aromatic carbocycles. The maximum absolute atomic E-state index is 12.8. The fourth-order valence-electron chi connectivity index (χ4n) is 3.30. The number of hydrogen-bond donors (Lipinski definition) is 3. The molecule has 1 aromatic heterocycles. The van der Waals surface area contributed by atoms with Gasteiger partial charge in [-0.2, -0.15) is 5.10 Å². The van der Waals surface area contributed by atoms with E-state index in [1.807, 2.05) is 54.6 Å². The Labute approximate surface area is 167 Å². The lowest BCUT2D eigenvalue weighted by atomic mass is 10.0. The van der Waals surface area contributed by atoms with Crippen LogP contribution < -0.4 is 10.6 Å². The highest BCUT2D eigenvalue weighted by molar-refractivity contribution is 6.08. The molecule has 0 saturated heterocycles. The maximum Gasteiger partial charge on any atom is 0.352 e. The Hall–Kier alpha value is -3.87. The van der Waals surface area contributed by atoms with Gasteiger partial charge in [0.1, 0.15) is 17.1 Å². The number of carbonyl (C=O) groups excluding carboxylic acids is 1. The molecule has 0 fully saturated rings. The highest BCUT2D eigenvalue weighted by atomic mass is 16.4. The second-order valence-corrected chi connectivity index (χ2v) is 6.72. The summed E-state index contributed by atoms with van der Waals surface area (Å²) in [6.45, 7) is 2.06. The van der Waals surface area contributed by atoms with Crippen LogP contribution in [0.4, 0.5) is 11.5 Å². The Morgan fingerprint density at radius 3 is 2.52 bits per heavy atom. The molecule has 1 unspecified atom stereocenters. The summed E-state index contributed by atoms with van der Waals surface area (Å²) in [5.74, 6) is -1.11. The number of nitrogens with one attached hydrogen (secondary N) is 2. The molecule has 0 bridgehead atoms. The second kappa shape index (κ2) is 7.63. The number of hydrogen-bond acceptors (Lipinski definition) is 4. The van der Waals surface area contributed by atoms with Crippen LogP contribution >= 0.6 is 0 Å². The van der Waals surface area contributed by atoms with E-state index in [1.54, 1.807) is 10.8 Å². The number of rotatable bonds is 5. The van der Waals surface area contributed by atoms with E-state index in [0.717, 1.165) is 12.0 Å². The van der Waals surface area contributed by atoms with Gasteiger partial charge in [0.25, 0.3) is 5.91 Å². The van der Waals surface area contributed by atoms with Crippen molar-refractivity contribution in [2.45, 2.75) is 19.4 Å². The van der Waals surface area contributed by atoms with Gasteiger partial charge >= 0.3 is 5.97 Å². The summed E-state index contributed by atoms with van der Waals surface area (Å²) >= 11 is 0. The first-order valence-electron chi connectivity index (χ1n) is 9.31. The lowest BCUT2D eigenvalue weighted by Crippen LogP contribution is -2.25. The lowest BCUT2D eigenvalue weighted by Gasteiger charge is -2.24. The Kier molecular flexibility index (Phi) is 4.87. The highest BCUT2D eigenvalue weighted by Crippen LogP contribution is 2.32. The molecule has 1 aliphatic rings. The smallest absolute Gasteiger partial charge is 0.352 e. The summed E-state index contributed by atoms with van der Waals surface area (Å²) in [5, 5.41) is 19.5. The number of aryl methyl sites for hydroxylation is 1. The topological polar surface area (TPSA) is 96.3 Å². The first-order valence-corrected chi connectivity index (χ1v) is 9.31. The van der Waals surface area contributed by atoms with Gasteiger partial charge in [0.15, 0.2) is 0 Å². The zero-order valence-corrected chi connectivity index (χ0v) is 15.8. The van der Waals surface area contributed by atoms with Crippen molar-refractivity contribution < 1.29 is 14.7 Å². The third-order valence-electron chi connectivity index (χ3n) is 4.87. The molecule has 0 saturated carbocycles. The van der Waals surface area contributed by atoms with Gasteiger partial charge in [-0.25, -0.2) is 9.48 Å². The maximum atomic E-state index is 12.8. The summed E-state index contributed by atoms with van der Waals surface area (Å²) in [5.41, 5.74) is 3.00. The Balaban J connectivity index is 1.67. The number of amides is 1. The summed E-state index contributed by atoms with van der Waals surface area (Å²) in [6, 6.07) is 16.6. The van der Waals surface area contributed by atoms with Crippen LogP contribution in [0.15, 0.2) is 72.6 Å². The number of aliphatic carboxylic acids is 1. The summed E-state index contributed by atoms with van der Waals surface area (Å²) < 4.78 is 1.62. The number of aromatic nitrogens is 2. The number of carbonyl (C=O) groups is 2. The first-order chi connectivity index (χ1) is 14.1. The van der Waals surface area contributed by atoms with Gasteiger partial charge in [-0.15, -0.1) is 0 Å². The minimum absolute atomic E-state index is 0.00759. The van der Waals surface area contributed by atoms with Crippen molar-refractivity contribution >= 4 is 23.4 Å². The Morgan fingerprint density at radius 1 is 1.14 bits per heavy atom. The van der Waals surface area contributed by atoms with Crippen LogP contribution in [0.25, 0.3) is 0 Å². The molecule has 7 heteroatoms. The molecule has 29 heavy (non-hydrogen) atoms. The predicted octanol–water partition coefficient (Wildman–Crippen LogP) is 3.68. The largest absolute Gasteiger partial charge is 0.477 e. The van der Waals surface area contributed by atoms with Crippen molar-refractivity contribution in [2.75, 3.05) is 10.6 Å². The molecule has 0 aliphatic carbocycles. The minimum Gasteiger partial charge on any atom is -0.477 e. The zero-order chi connectivity index (χ0) is 20.4. The van der Waals surface area contributed by atoms with Gasteiger partial charge in [0.2, 0.25) is 0 Å². The number of nitrogens with zero attached hydrogens (tertiary/aromatic N) is 2. The van der Waals surface area contributed by atoms with E-state index in [2.05, 4.69) is 22.7 Å². The molecule has 1 atom stereocenters. The quantitative estimate of drug-likeness (QED) is 0.620. The molecular formula is C22H20N4O3. The molecular weight excluding hydrogens is 368 g/mol. The molecule has 7 nitrogen and oxygen atoms in total. The van der Waals surface area contributed by atoms with Crippen LogP contribution in [-0.4, -0.2) is 26.8 Å². The van der Waals surface area contributed by atoms with Crippen LogP contribution in [-0.2, 0) is 11.2 Å². The van der Waals surface area contributed by atoms with Crippen molar-refractivity contribution in [2.24, 2.45) is 0 Å². The number of anilines is 2. The van der Waals surface area contributed by atoms with E-state index in [-0.39, 0.29) is 17.2 Å². The van der Waals surface area contributed by atoms with Crippen LogP contribution in [0.2, 0.25) is 0 Å². The first kappa shape index (κ1) is 18.5. The molecule has 0 radical (unpaired) electrons. The standard InChI is InChI=1S/C22H20N4O3/c1-2-14-8-10-16(11-9-14)24-21(27)17-13-23-26-19(15-6-4-3-5-7-15)12-18(22(28)29)25-20(17)26/h3-13,19,25H,2H2,1H3,(H,24,27)(H,28,29). The van der Waals surface area contributed by atoms with Gasteiger partial charge in [0.05, 0.1) is 12.2 Å². The highest BCUT2D eigenvalue weighted by Gasteiger charge is 2.29. The molecule has 1 amide bonds. The number of allylic oxidation sites excluding steroid dienone is 1. The van der Waals surface area contributed by atoms with E-state index >= 15 is 0 Å². The van der Waals surface area contributed by atoms with E-state index < -0.39 is 12.0 Å². The van der Waals surface area contributed by atoms with E-state index in [4.69, 9.17) is 0 Å². The average Bonchev–Trinajstić information content (AvgIpc) is 3.18. The number of carboxylic acids is 1. The number of carboxylic acid groups (broad SMARTS) is 1. The van der Waals surface area contributed by atoms with E-state index in [9.17, 15) is 14.7 Å². The van der Waals surface area contributed by atoms with E-state index in [0.29, 0.717) is 11.5 Å². The average molecular weight is 388 g/mol. The minimum atomic E-state index is -1.10. The summed E-state index contributed by atoms with van der Waals surface area (Å²) in [4.78, 5) is 24.5. The fraction of sp³-hybridized carbons (Fsp3) is 0.136. The molecule has 4 rings (SSSR count). The van der Waals surface area contributed by atoms with Gasteiger partial charge in [0, 0.05) is 5.69 Å². The van der Waals surface area contributed by atoms with Crippen molar-refractivity contribution in [3.8, 4) is 0 Å². The molecule has 3 N–H and O–H groups in total. The summed E-state index contributed by atoms with van der Waals surface area (Å²) in [6.07, 6.45) is 3.95. The van der Waals surface area contributed by atoms with E-state index in [1.165, 1.54) is 11.8 Å². The Bertz CT molecular complexity index is 1090. The molecule has 146 valence electrons. The predicted molar refractivity (Wildman–Crippen MR) is 110 cm³/mol. The molecule has 0 spiro atoms. The van der Waals surface area contributed by atoms with Crippen molar-refractivity contribution in [3.05, 3.63) is 89.3 Å². The van der Waals surface area contributed by atoms with Crippen molar-refractivity contribution in [1.29, 1.82) is 0 Å². The summed E-state index contributed by atoms with van der Waals surface area (Å²) in [7, 11) is 0. The van der Waals surface area contributed by atoms with Crippen molar-refractivity contribution in [3.63, 3.8) is 0 Å². The SMILES string of the molecule is CCc1ccc(NC(=O)c2cnn3c2NC(C(=O)O)=CC3c2ccccc2)cc1. The van der Waals surface area contributed by atoms with Crippen LogP contribution in [0, 0.1) is 0 Å². The number of benzene rings is 2. The number of fused-ring (bicyclic) bond motifs is 1. The monoisotopic (exact) mass is 388 g/mol. The zero-order valence-electron chi connectivity index (χ0n) is 15.8. The van der Waals surface area contributed by atoms with Gasteiger partial charge in [-0.05, 0) is 35.8 Å². The Morgan fingerprint density at radius 2 is 1.86 bits per heavy atom. The van der Waals surface area contributed by atoms with Crippen molar-refractivity contribution in [1.82, 2.24) is 9.78 Å². The fourth-order valence-corrected chi connectivity index (χ4v) is 3.30. The van der Waals surface area contributed by atoms with Crippen LogP contribution in [0.3, 0.4) is 0 Å². The third kappa shape index (κ3) is 3.62. The van der Waals surface area contributed by atoms with Crippen LogP contribution in [0.5, 0.6) is 0 Å². The normalized spacial score (nSPS) is 15.1. The second-order valence-electron chi connectivity index (χ2n) is 6.72. The molecule has 2 heterocycles. The van der Waals surface area contributed by atoms with Gasteiger partial charge in [-0.3, -0.25) is 4.79 Å². The van der Waals surface area contributed by atoms with Gasteiger partial charge in [-0.1, -0.05) is 49.4 Å². The lowest BCUT2D eigenvalue weighted by molar-refractivity contribution is -0.132. The van der Waals surface area contributed by atoms with Crippen LogP contribution in [0.1, 0.15) is 34.5 Å². The third-order valence-corrected chi connectivity index (χ3v) is 4.87. The van der Waals surface area contributed by atoms with Gasteiger partial charge < -0.3 is 15.7 Å². The molecule has 1 aliphatic heterocycles. The molecule has 3 aromatic rings.